The van der Waals surface area contributed by atoms with E-state index in [0.29, 0.717) is 18.0 Å². The second-order valence-corrected chi connectivity index (χ2v) is 6.87. The average molecular weight is 365 g/mol. The van der Waals surface area contributed by atoms with Gasteiger partial charge >= 0.3 is 0 Å². The molecule has 1 fully saturated rings. The number of pyridine rings is 2. The first-order chi connectivity index (χ1) is 13.1. The molecule has 0 spiro atoms. The first-order valence-corrected chi connectivity index (χ1v) is 9.05. The highest BCUT2D eigenvalue weighted by molar-refractivity contribution is 5.87. The van der Waals surface area contributed by atoms with E-state index in [2.05, 4.69) is 56.1 Å². The van der Waals surface area contributed by atoms with Gasteiger partial charge in [0.15, 0.2) is 5.65 Å². The van der Waals surface area contributed by atoms with Gasteiger partial charge in [-0.3, -0.25) is 0 Å². The fourth-order valence-electron chi connectivity index (χ4n) is 3.36. The average Bonchev–Trinajstić information content (AvgIpc) is 2.65. The highest BCUT2D eigenvalue weighted by Crippen LogP contribution is 2.21. The molecule has 2 unspecified atom stereocenters. The molecule has 0 aliphatic carbocycles. The SMILES string of the molecule is CC1CN(c2ccc(CNc3ncnc4nc(N)ccc34)cn2)CC(C)O1. The number of nitrogen functional groups attached to an aromatic ring is 1. The van der Waals surface area contributed by atoms with Gasteiger partial charge in [0.25, 0.3) is 0 Å². The number of ether oxygens (including phenoxy) is 1. The maximum Gasteiger partial charge on any atom is 0.166 e. The van der Waals surface area contributed by atoms with E-state index in [1.807, 2.05) is 12.3 Å². The molecule has 1 aliphatic rings. The number of fused-ring (bicyclic) bond motifs is 1. The molecule has 0 radical (unpaired) electrons. The number of aromatic nitrogens is 4. The lowest BCUT2D eigenvalue weighted by atomic mass is 10.2. The molecule has 3 aromatic heterocycles. The molecule has 8 heteroatoms. The summed E-state index contributed by atoms with van der Waals surface area (Å²) in [5.41, 5.74) is 7.37. The van der Waals surface area contributed by atoms with E-state index in [0.717, 1.165) is 35.7 Å². The summed E-state index contributed by atoms with van der Waals surface area (Å²) in [6.45, 7) is 6.51. The topological polar surface area (TPSA) is 102 Å². The Kier molecular flexibility index (Phi) is 4.72. The van der Waals surface area contributed by atoms with Crippen molar-refractivity contribution in [2.75, 3.05) is 29.0 Å². The van der Waals surface area contributed by atoms with E-state index in [9.17, 15) is 0 Å². The van der Waals surface area contributed by atoms with Gasteiger partial charge < -0.3 is 20.7 Å². The summed E-state index contributed by atoms with van der Waals surface area (Å²) < 4.78 is 5.79. The van der Waals surface area contributed by atoms with Crippen molar-refractivity contribution >= 4 is 28.5 Å². The van der Waals surface area contributed by atoms with E-state index in [1.165, 1.54) is 6.33 Å². The zero-order valence-corrected chi connectivity index (χ0v) is 15.5. The lowest BCUT2D eigenvalue weighted by Gasteiger charge is -2.36. The predicted molar refractivity (Wildman–Crippen MR) is 106 cm³/mol. The Bertz CT molecular complexity index is 921. The maximum atomic E-state index is 5.79. The Morgan fingerprint density at radius 3 is 2.67 bits per heavy atom. The van der Waals surface area contributed by atoms with Gasteiger partial charge in [0.2, 0.25) is 0 Å². The number of nitrogens with two attached hydrogens (primary N) is 1. The molecule has 3 aromatic rings. The van der Waals surface area contributed by atoms with Crippen molar-refractivity contribution in [3.05, 3.63) is 42.4 Å². The van der Waals surface area contributed by atoms with E-state index < -0.39 is 0 Å². The van der Waals surface area contributed by atoms with Crippen molar-refractivity contribution in [3.63, 3.8) is 0 Å². The number of nitrogens with zero attached hydrogens (tertiary/aromatic N) is 5. The van der Waals surface area contributed by atoms with Gasteiger partial charge in [-0.2, -0.15) is 0 Å². The summed E-state index contributed by atoms with van der Waals surface area (Å²) in [5, 5.41) is 4.17. The van der Waals surface area contributed by atoms with Crippen molar-refractivity contribution in [2.24, 2.45) is 0 Å². The first kappa shape index (κ1) is 17.4. The van der Waals surface area contributed by atoms with Gasteiger partial charge in [-0.05, 0) is 37.6 Å². The molecule has 0 amide bonds. The number of hydrogen-bond donors (Lipinski definition) is 2. The van der Waals surface area contributed by atoms with E-state index >= 15 is 0 Å². The van der Waals surface area contributed by atoms with Gasteiger partial charge in [-0.25, -0.2) is 19.9 Å². The Balaban J connectivity index is 1.45. The van der Waals surface area contributed by atoms with Gasteiger partial charge in [-0.15, -0.1) is 0 Å². The number of nitrogens with one attached hydrogen (secondary N) is 1. The molecule has 4 rings (SSSR count). The van der Waals surface area contributed by atoms with Crippen molar-refractivity contribution in [2.45, 2.75) is 32.6 Å². The van der Waals surface area contributed by atoms with Crippen molar-refractivity contribution in [1.82, 2.24) is 19.9 Å². The standard InChI is InChI=1S/C19H23N7O/c1-12-9-26(10-13(2)27-12)17-6-3-14(7-21-17)8-22-18-15-4-5-16(20)25-19(15)24-11-23-18/h3-7,11-13H,8-10H2,1-2H3,(H3,20,22,23,24,25). The van der Waals surface area contributed by atoms with Crippen LogP contribution in [0, 0.1) is 0 Å². The lowest BCUT2D eigenvalue weighted by molar-refractivity contribution is -0.00545. The molecule has 2 atom stereocenters. The van der Waals surface area contributed by atoms with Gasteiger partial charge in [-0.1, -0.05) is 6.07 Å². The van der Waals surface area contributed by atoms with E-state index in [-0.39, 0.29) is 12.2 Å². The molecule has 0 saturated carbocycles. The van der Waals surface area contributed by atoms with Crippen LogP contribution in [0.15, 0.2) is 36.8 Å². The highest BCUT2D eigenvalue weighted by Gasteiger charge is 2.22. The number of morpholine rings is 1. The van der Waals surface area contributed by atoms with Crippen LogP contribution in [0.4, 0.5) is 17.5 Å². The van der Waals surface area contributed by atoms with Crippen LogP contribution < -0.4 is 16.0 Å². The minimum Gasteiger partial charge on any atom is -0.384 e. The molecule has 27 heavy (non-hydrogen) atoms. The Hall–Kier alpha value is -3.00. The Labute approximate surface area is 157 Å². The van der Waals surface area contributed by atoms with Crippen LogP contribution in [0.25, 0.3) is 11.0 Å². The highest BCUT2D eigenvalue weighted by atomic mass is 16.5. The first-order valence-electron chi connectivity index (χ1n) is 9.05. The van der Waals surface area contributed by atoms with Gasteiger partial charge in [0.05, 0.1) is 17.6 Å². The van der Waals surface area contributed by atoms with Crippen LogP contribution in [0.1, 0.15) is 19.4 Å². The molecule has 140 valence electrons. The molecule has 1 aliphatic heterocycles. The summed E-state index contributed by atoms with van der Waals surface area (Å²) in [6.07, 6.45) is 3.81. The third-order valence-electron chi connectivity index (χ3n) is 4.53. The van der Waals surface area contributed by atoms with E-state index in [4.69, 9.17) is 10.5 Å². The second-order valence-electron chi connectivity index (χ2n) is 6.87. The zero-order chi connectivity index (χ0) is 18.8. The minimum atomic E-state index is 0.214. The molecule has 0 aromatic carbocycles. The number of rotatable bonds is 4. The fraction of sp³-hybridized carbons (Fsp3) is 0.368. The van der Waals surface area contributed by atoms with Crippen LogP contribution in [0.5, 0.6) is 0 Å². The summed E-state index contributed by atoms with van der Waals surface area (Å²) in [7, 11) is 0. The largest absolute Gasteiger partial charge is 0.384 e. The fourth-order valence-corrected chi connectivity index (χ4v) is 3.36. The van der Waals surface area contributed by atoms with Crippen LogP contribution in [0.3, 0.4) is 0 Å². The summed E-state index contributed by atoms with van der Waals surface area (Å²) in [6, 6.07) is 7.77. The molecule has 3 N–H and O–H groups in total. The van der Waals surface area contributed by atoms with Crippen molar-refractivity contribution in [3.8, 4) is 0 Å². The Morgan fingerprint density at radius 2 is 1.93 bits per heavy atom. The number of anilines is 3. The number of hydrogen-bond acceptors (Lipinski definition) is 8. The summed E-state index contributed by atoms with van der Waals surface area (Å²) in [5.74, 6) is 2.15. The molecule has 8 nitrogen and oxygen atoms in total. The Morgan fingerprint density at radius 1 is 1.11 bits per heavy atom. The lowest BCUT2D eigenvalue weighted by Crippen LogP contribution is -2.45. The molecule has 1 saturated heterocycles. The smallest absolute Gasteiger partial charge is 0.166 e. The maximum absolute atomic E-state index is 5.79. The molecule has 4 heterocycles. The third kappa shape index (κ3) is 3.90. The monoisotopic (exact) mass is 365 g/mol. The molecule has 0 bridgehead atoms. The van der Waals surface area contributed by atoms with Gasteiger partial charge in [0, 0.05) is 25.8 Å². The van der Waals surface area contributed by atoms with Crippen molar-refractivity contribution < 1.29 is 4.74 Å². The predicted octanol–water partition coefficient (Wildman–Crippen LogP) is 2.23. The minimum absolute atomic E-state index is 0.214. The zero-order valence-electron chi connectivity index (χ0n) is 15.5. The summed E-state index contributed by atoms with van der Waals surface area (Å²) in [4.78, 5) is 19.6. The second kappa shape index (κ2) is 7.32. The third-order valence-corrected chi connectivity index (χ3v) is 4.53. The van der Waals surface area contributed by atoms with Crippen LogP contribution in [0.2, 0.25) is 0 Å². The quantitative estimate of drug-likeness (QED) is 0.726. The normalized spacial score (nSPS) is 20.0. The summed E-state index contributed by atoms with van der Waals surface area (Å²) >= 11 is 0. The molecular formula is C19H23N7O. The molecular weight excluding hydrogens is 342 g/mol. The van der Waals surface area contributed by atoms with Crippen LogP contribution >= 0.6 is 0 Å². The van der Waals surface area contributed by atoms with Crippen LogP contribution in [-0.4, -0.2) is 45.2 Å². The van der Waals surface area contributed by atoms with Gasteiger partial charge in [0.1, 0.15) is 23.8 Å². The van der Waals surface area contributed by atoms with E-state index in [1.54, 1.807) is 6.07 Å². The van der Waals surface area contributed by atoms with Crippen LogP contribution in [-0.2, 0) is 11.3 Å². The van der Waals surface area contributed by atoms with Crippen molar-refractivity contribution in [1.29, 1.82) is 0 Å².